The second-order valence-corrected chi connectivity index (χ2v) is 7.17. The molecule has 5 nitrogen and oxygen atoms in total. The predicted molar refractivity (Wildman–Crippen MR) is 108 cm³/mol. The van der Waals surface area contributed by atoms with E-state index in [1.807, 2.05) is 24.3 Å². The molecule has 8 heteroatoms. The first kappa shape index (κ1) is 21.2. The number of hydrogen-bond acceptors (Lipinski definition) is 3. The Balaban J connectivity index is 0.00000240. The van der Waals surface area contributed by atoms with Crippen LogP contribution < -0.4 is 10.2 Å². The first-order valence-corrected chi connectivity index (χ1v) is 9.36. The Hall–Kier alpha value is -2.51. The van der Waals surface area contributed by atoms with Gasteiger partial charge in [0.25, 0.3) is 0 Å². The fourth-order valence-corrected chi connectivity index (χ4v) is 3.91. The minimum atomic E-state index is -0.669. The molecule has 0 radical (unpaired) electrons. The van der Waals surface area contributed by atoms with Gasteiger partial charge in [0.2, 0.25) is 11.8 Å². The number of para-hydroxylation sites is 1. The maximum atomic E-state index is 13.4. The van der Waals surface area contributed by atoms with Gasteiger partial charge in [0, 0.05) is 37.9 Å². The van der Waals surface area contributed by atoms with Crippen LogP contribution >= 0.6 is 12.4 Å². The van der Waals surface area contributed by atoms with E-state index >= 15 is 0 Å². The highest BCUT2D eigenvalue weighted by molar-refractivity contribution is 5.98. The lowest BCUT2D eigenvalue weighted by Crippen LogP contribution is -2.56. The Bertz CT molecular complexity index is 904. The molecule has 1 saturated heterocycles. The monoisotopic (exact) mass is 421 g/mol. The molecule has 2 amide bonds. The quantitative estimate of drug-likeness (QED) is 0.825. The first-order chi connectivity index (χ1) is 13.5. The normalized spacial score (nSPS) is 18.4. The number of carbonyl (C=O) groups is 2. The van der Waals surface area contributed by atoms with Crippen LogP contribution in [0.4, 0.5) is 14.5 Å². The Morgan fingerprint density at radius 1 is 1.10 bits per heavy atom. The van der Waals surface area contributed by atoms with Crippen LogP contribution in [-0.2, 0) is 22.6 Å². The molecular weight excluding hydrogens is 400 g/mol. The summed E-state index contributed by atoms with van der Waals surface area (Å²) in [5, 5.41) is 3.10. The number of carbonyl (C=O) groups excluding carboxylic acids is 2. The summed E-state index contributed by atoms with van der Waals surface area (Å²) in [6.45, 7) is 1.68. The van der Waals surface area contributed by atoms with Crippen molar-refractivity contribution in [1.82, 2.24) is 10.2 Å². The van der Waals surface area contributed by atoms with Gasteiger partial charge in [-0.25, -0.2) is 8.78 Å². The zero-order valence-electron chi connectivity index (χ0n) is 15.7. The summed E-state index contributed by atoms with van der Waals surface area (Å²) in [5.41, 5.74) is 2.43. The van der Waals surface area contributed by atoms with Crippen LogP contribution in [0.1, 0.15) is 17.5 Å². The number of nitrogens with zero attached hydrogens (tertiary/aromatic N) is 2. The number of piperazine rings is 1. The summed E-state index contributed by atoms with van der Waals surface area (Å²) in [6, 6.07) is 10.4. The number of hydrogen-bond donors (Lipinski definition) is 1. The molecule has 2 heterocycles. The molecule has 2 aliphatic rings. The van der Waals surface area contributed by atoms with Gasteiger partial charge in [0.05, 0.1) is 12.5 Å². The van der Waals surface area contributed by atoms with Crippen molar-refractivity contribution in [3.05, 3.63) is 65.2 Å². The number of nitrogens with one attached hydrogen (secondary N) is 1. The summed E-state index contributed by atoms with van der Waals surface area (Å²) in [4.78, 5) is 28.9. The molecule has 29 heavy (non-hydrogen) atoms. The lowest BCUT2D eigenvalue weighted by Gasteiger charge is -2.33. The lowest BCUT2D eigenvalue weighted by atomic mass is 10.1. The molecule has 4 rings (SSSR count). The number of benzene rings is 2. The van der Waals surface area contributed by atoms with E-state index < -0.39 is 17.7 Å². The number of fused-ring (bicyclic) bond motifs is 1. The predicted octanol–water partition coefficient (Wildman–Crippen LogP) is 2.67. The molecule has 0 aliphatic carbocycles. The van der Waals surface area contributed by atoms with Crippen molar-refractivity contribution < 1.29 is 18.4 Å². The summed E-state index contributed by atoms with van der Waals surface area (Å²) in [5.74, 6) is -1.67. The van der Waals surface area contributed by atoms with Crippen molar-refractivity contribution in [1.29, 1.82) is 0 Å². The van der Waals surface area contributed by atoms with Crippen LogP contribution in [-0.4, -0.2) is 42.4 Å². The molecule has 1 unspecified atom stereocenters. The first-order valence-electron chi connectivity index (χ1n) is 9.36. The second-order valence-electron chi connectivity index (χ2n) is 7.17. The van der Waals surface area contributed by atoms with Crippen LogP contribution in [0.25, 0.3) is 0 Å². The van der Waals surface area contributed by atoms with E-state index in [1.165, 1.54) is 12.1 Å². The fourth-order valence-electron chi connectivity index (χ4n) is 3.91. The van der Waals surface area contributed by atoms with Crippen LogP contribution in [0, 0.1) is 11.6 Å². The van der Waals surface area contributed by atoms with E-state index in [9.17, 15) is 18.4 Å². The van der Waals surface area contributed by atoms with Crippen LogP contribution in [0.3, 0.4) is 0 Å². The maximum Gasteiger partial charge on any atom is 0.240 e. The molecule has 0 spiro atoms. The molecular formula is C21H22ClF2N3O2. The van der Waals surface area contributed by atoms with E-state index in [0.29, 0.717) is 25.2 Å². The molecule has 0 aromatic heterocycles. The largest absolute Gasteiger partial charge is 0.336 e. The van der Waals surface area contributed by atoms with Gasteiger partial charge in [-0.15, -0.1) is 12.4 Å². The van der Waals surface area contributed by atoms with E-state index in [4.69, 9.17) is 0 Å². The molecule has 1 atom stereocenters. The average Bonchev–Trinajstić information content (AvgIpc) is 3.08. The molecule has 154 valence electrons. The smallest absolute Gasteiger partial charge is 0.240 e. The van der Waals surface area contributed by atoms with Gasteiger partial charge in [-0.1, -0.05) is 18.2 Å². The minimum Gasteiger partial charge on any atom is -0.336 e. The topological polar surface area (TPSA) is 52.7 Å². The Labute approximate surface area is 174 Å². The molecule has 0 saturated carbocycles. The van der Waals surface area contributed by atoms with Crippen molar-refractivity contribution in [2.75, 3.05) is 24.5 Å². The third-order valence-corrected chi connectivity index (χ3v) is 5.24. The number of anilines is 1. The van der Waals surface area contributed by atoms with Crippen LogP contribution in [0.15, 0.2) is 42.5 Å². The van der Waals surface area contributed by atoms with Crippen molar-refractivity contribution in [3.63, 3.8) is 0 Å². The van der Waals surface area contributed by atoms with E-state index in [-0.39, 0.29) is 37.2 Å². The maximum absolute atomic E-state index is 13.4. The Kier molecular flexibility index (Phi) is 6.49. The fraction of sp³-hybridized carbons (Fsp3) is 0.333. The third kappa shape index (κ3) is 4.57. The second kappa shape index (κ2) is 8.88. The molecule has 2 aliphatic heterocycles. The van der Waals surface area contributed by atoms with Crippen molar-refractivity contribution >= 4 is 29.9 Å². The van der Waals surface area contributed by atoms with Crippen molar-refractivity contribution in [3.8, 4) is 0 Å². The van der Waals surface area contributed by atoms with Crippen LogP contribution in [0.5, 0.6) is 0 Å². The Morgan fingerprint density at radius 3 is 2.59 bits per heavy atom. The highest BCUT2D eigenvalue weighted by atomic mass is 35.5. The van der Waals surface area contributed by atoms with Gasteiger partial charge < -0.3 is 15.1 Å². The lowest BCUT2D eigenvalue weighted by molar-refractivity contribution is -0.138. The number of halogens is 3. The summed E-state index contributed by atoms with van der Waals surface area (Å²) >= 11 is 0. The van der Waals surface area contributed by atoms with Gasteiger partial charge in [-0.05, 0) is 35.7 Å². The van der Waals surface area contributed by atoms with Gasteiger partial charge >= 0.3 is 0 Å². The zero-order valence-corrected chi connectivity index (χ0v) is 16.6. The van der Waals surface area contributed by atoms with E-state index in [2.05, 4.69) is 5.32 Å². The summed E-state index contributed by atoms with van der Waals surface area (Å²) in [7, 11) is 0. The van der Waals surface area contributed by atoms with Gasteiger partial charge in [-0.2, -0.15) is 0 Å². The third-order valence-electron chi connectivity index (χ3n) is 5.24. The average molecular weight is 422 g/mol. The standard InChI is InChI=1S/C21H21F2N3O2.ClH/c22-16-9-14(10-17(23)11-16)13-25-8-6-24-18(21(25)28)12-20(27)26-7-5-15-3-1-2-4-19(15)26;/h1-4,9-11,18,24H,5-8,12-13H2;1H. The molecule has 0 bridgehead atoms. The molecule has 1 N–H and O–H groups in total. The SMILES string of the molecule is Cl.O=C1C(CC(=O)N2CCc3ccccc32)NCCN1Cc1cc(F)cc(F)c1. The number of amides is 2. The minimum absolute atomic E-state index is 0. The van der Waals surface area contributed by atoms with Crippen LogP contribution in [0.2, 0.25) is 0 Å². The van der Waals surface area contributed by atoms with Crippen molar-refractivity contribution in [2.24, 2.45) is 0 Å². The summed E-state index contributed by atoms with van der Waals surface area (Å²) < 4.78 is 26.8. The molecule has 2 aromatic rings. The number of rotatable bonds is 4. The van der Waals surface area contributed by atoms with E-state index in [1.54, 1.807) is 9.80 Å². The highest BCUT2D eigenvalue weighted by Gasteiger charge is 2.33. The molecule has 2 aromatic carbocycles. The highest BCUT2D eigenvalue weighted by Crippen LogP contribution is 2.28. The van der Waals surface area contributed by atoms with Gasteiger partial charge in [-0.3, -0.25) is 9.59 Å². The summed E-state index contributed by atoms with van der Waals surface area (Å²) in [6.07, 6.45) is 0.867. The molecule has 1 fully saturated rings. The van der Waals surface area contributed by atoms with Gasteiger partial charge in [0.1, 0.15) is 11.6 Å². The zero-order chi connectivity index (χ0) is 19.7. The Morgan fingerprint density at radius 2 is 1.83 bits per heavy atom. The van der Waals surface area contributed by atoms with Crippen molar-refractivity contribution in [2.45, 2.75) is 25.4 Å². The van der Waals surface area contributed by atoms with E-state index in [0.717, 1.165) is 23.7 Å². The van der Waals surface area contributed by atoms with Gasteiger partial charge in [0.15, 0.2) is 0 Å².